The van der Waals surface area contributed by atoms with Gasteiger partial charge in [-0.2, -0.15) is 4.68 Å². The Balaban J connectivity index is 2.01. The van der Waals surface area contributed by atoms with Crippen molar-refractivity contribution in [1.29, 1.82) is 0 Å². The second-order valence-corrected chi connectivity index (χ2v) is 5.36. The first-order valence-corrected chi connectivity index (χ1v) is 7.11. The fourth-order valence-corrected chi connectivity index (χ4v) is 2.07. The van der Waals surface area contributed by atoms with Crippen LogP contribution in [0.1, 0.15) is 23.0 Å². The van der Waals surface area contributed by atoms with E-state index in [0.29, 0.717) is 11.4 Å². The number of nitrogens with one attached hydrogen (secondary N) is 1. The predicted molar refractivity (Wildman–Crippen MR) is 84.8 cm³/mol. The van der Waals surface area contributed by atoms with Crippen LogP contribution in [0.5, 0.6) is 0 Å². The van der Waals surface area contributed by atoms with E-state index in [9.17, 15) is 19.7 Å². The molecule has 2 rings (SSSR count). The van der Waals surface area contributed by atoms with Gasteiger partial charge >= 0.3 is 11.8 Å². The van der Waals surface area contributed by atoms with Crippen molar-refractivity contribution < 1.29 is 19.6 Å². The van der Waals surface area contributed by atoms with Crippen molar-refractivity contribution in [2.75, 3.05) is 5.32 Å². The third-order valence-corrected chi connectivity index (χ3v) is 3.45. The fraction of sp³-hybridized carbons (Fsp3) is 0.267. The van der Waals surface area contributed by atoms with Gasteiger partial charge in [0.2, 0.25) is 5.91 Å². The van der Waals surface area contributed by atoms with Crippen LogP contribution in [0.2, 0.25) is 0 Å². The number of amides is 1. The van der Waals surface area contributed by atoms with Gasteiger partial charge in [0.15, 0.2) is 0 Å². The number of benzene rings is 1. The molecule has 0 bridgehead atoms. The van der Waals surface area contributed by atoms with Crippen LogP contribution in [0, 0.1) is 23.0 Å². The molecule has 1 heterocycles. The normalized spacial score (nSPS) is 11.8. The van der Waals surface area contributed by atoms with Crippen LogP contribution in [-0.2, 0) is 11.3 Å². The van der Waals surface area contributed by atoms with Gasteiger partial charge in [-0.15, -0.1) is 0 Å². The molecule has 0 saturated heterocycles. The zero-order valence-electron chi connectivity index (χ0n) is 13.1. The van der Waals surface area contributed by atoms with E-state index in [-0.39, 0.29) is 23.8 Å². The summed E-state index contributed by atoms with van der Waals surface area (Å²) in [6, 6.07) is 7.12. The molecule has 9 nitrogen and oxygen atoms in total. The number of carboxylic acid groups (broad SMARTS) is 1. The van der Waals surface area contributed by atoms with Crippen LogP contribution in [0.15, 0.2) is 30.3 Å². The monoisotopic (exact) mass is 332 g/mol. The van der Waals surface area contributed by atoms with Crippen molar-refractivity contribution in [2.45, 2.75) is 20.4 Å². The maximum absolute atomic E-state index is 12.2. The highest BCUT2D eigenvalue weighted by Gasteiger charge is 2.20. The van der Waals surface area contributed by atoms with Crippen molar-refractivity contribution in [2.24, 2.45) is 5.92 Å². The van der Waals surface area contributed by atoms with E-state index in [1.807, 2.05) is 0 Å². The number of carbonyl (C=O) groups is 2. The molecule has 2 aromatic rings. The number of nitrogens with zero attached hydrogens (tertiary/aromatic N) is 3. The van der Waals surface area contributed by atoms with Gasteiger partial charge in [0, 0.05) is 5.69 Å². The van der Waals surface area contributed by atoms with Gasteiger partial charge in [-0.1, -0.05) is 6.92 Å². The van der Waals surface area contributed by atoms with Crippen LogP contribution in [-0.4, -0.2) is 31.7 Å². The van der Waals surface area contributed by atoms with Crippen LogP contribution in [0.4, 0.5) is 11.5 Å². The van der Waals surface area contributed by atoms with Gasteiger partial charge < -0.3 is 20.5 Å². The van der Waals surface area contributed by atoms with Gasteiger partial charge in [-0.25, -0.2) is 4.79 Å². The molecule has 1 aromatic heterocycles. The van der Waals surface area contributed by atoms with Crippen LogP contribution < -0.4 is 5.32 Å². The fourth-order valence-electron chi connectivity index (χ4n) is 2.07. The number of aromatic carboxylic acids is 1. The summed E-state index contributed by atoms with van der Waals surface area (Å²) < 4.78 is 1.41. The second-order valence-electron chi connectivity index (χ2n) is 5.36. The Morgan fingerprint density at radius 3 is 2.50 bits per heavy atom. The average Bonchev–Trinajstić information content (AvgIpc) is 2.89. The van der Waals surface area contributed by atoms with E-state index in [1.54, 1.807) is 13.8 Å². The molecule has 1 unspecified atom stereocenters. The molecule has 2 N–H and O–H groups in total. The standard InChI is InChI=1S/C15H16N4O5/c1-9(8-18-10(2)7-13(17-18)19(23)24)14(20)16-12-5-3-11(4-6-12)15(21)22/h3-7,9H,8H2,1-2H3,(H,16,20)(H,21,22). The Labute approximate surface area is 137 Å². The molecule has 126 valence electrons. The summed E-state index contributed by atoms with van der Waals surface area (Å²) in [7, 11) is 0. The molecule has 0 saturated carbocycles. The van der Waals surface area contributed by atoms with E-state index in [0.717, 1.165) is 0 Å². The molecule has 1 aromatic carbocycles. The lowest BCUT2D eigenvalue weighted by molar-refractivity contribution is -0.389. The summed E-state index contributed by atoms with van der Waals surface area (Å²) in [5.41, 5.74) is 1.19. The minimum absolute atomic E-state index is 0.125. The molecule has 0 fully saturated rings. The lowest BCUT2D eigenvalue weighted by atomic mass is 10.1. The molecular formula is C15H16N4O5. The average molecular weight is 332 g/mol. The number of hydrogen-bond acceptors (Lipinski definition) is 5. The van der Waals surface area contributed by atoms with Gasteiger partial charge in [-0.3, -0.25) is 4.79 Å². The van der Waals surface area contributed by atoms with Crippen molar-refractivity contribution in [3.63, 3.8) is 0 Å². The van der Waals surface area contributed by atoms with Crippen molar-refractivity contribution in [3.8, 4) is 0 Å². The van der Waals surface area contributed by atoms with Crippen LogP contribution in [0.3, 0.4) is 0 Å². The lowest BCUT2D eigenvalue weighted by Crippen LogP contribution is -2.25. The number of anilines is 1. The number of rotatable bonds is 6. The first-order chi connectivity index (χ1) is 11.3. The first kappa shape index (κ1) is 17.1. The molecule has 24 heavy (non-hydrogen) atoms. The van der Waals surface area contributed by atoms with Crippen LogP contribution in [0.25, 0.3) is 0 Å². The third-order valence-electron chi connectivity index (χ3n) is 3.45. The van der Waals surface area contributed by atoms with Gasteiger partial charge in [0.05, 0.1) is 34.9 Å². The summed E-state index contributed by atoms with van der Waals surface area (Å²) in [6.45, 7) is 3.54. The maximum Gasteiger partial charge on any atom is 0.390 e. The van der Waals surface area contributed by atoms with Gasteiger partial charge in [-0.05, 0) is 36.1 Å². The number of carbonyl (C=O) groups excluding carboxylic acids is 1. The summed E-state index contributed by atoms with van der Waals surface area (Å²) in [5, 5.41) is 26.1. The highest BCUT2D eigenvalue weighted by atomic mass is 16.6. The topological polar surface area (TPSA) is 127 Å². The number of aryl methyl sites for hydroxylation is 1. The molecule has 0 spiro atoms. The third kappa shape index (κ3) is 3.94. The molecule has 0 aliphatic carbocycles. The van der Waals surface area contributed by atoms with Crippen molar-refractivity contribution in [3.05, 3.63) is 51.7 Å². The van der Waals surface area contributed by atoms with Gasteiger partial charge in [0.25, 0.3) is 0 Å². The molecule has 9 heteroatoms. The minimum Gasteiger partial charge on any atom is -0.478 e. The van der Waals surface area contributed by atoms with E-state index in [1.165, 1.54) is 35.0 Å². The Morgan fingerprint density at radius 2 is 2.00 bits per heavy atom. The lowest BCUT2D eigenvalue weighted by Gasteiger charge is -2.11. The van der Waals surface area contributed by atoms with Gasteiger partial charge in [0.1, 0.15) is 0 Å². The maximum atomic E-state index is 12.2. The smallest absolute Gasteiger partial charge is 0.390 e. The Morgan fingerprint density at radius 1 is 1.38 bits per heavy atom. The summed E-state index contributed by atoms with van der Waals surface area (Å²) in [6.07, 6.45) is 0. The molecule has 0 aliphatic heterocycles. The molecular weight excluding hydrogens is 316 g/mol. The quantitative estimate of drug-likeness (QED) is 0.615. The minimum atomic E-state index is -1.04. The highest BCUT2D eigenvalue weighted by molar-refractivity contribution is 5.93. The highest BCUT2D eigenvalue weighted by Crippen LogP contribution is 2.15. The van der Waals surface area contributed by atoms with Crippen molar-refractivity contribution >= 4 is 23.4 Å². The Kier molecular flexibility index (Phi) is 4.93. The van der Waals surface area contributed by atoms with Crippen LogP contribution >= 0.6 is 0 Å². The molecule has 1 atom stereocenters. The summed E-state index contributed by atoms with van der Waals surface area (Å²) >= 11 is 0. The van der Waals surface area contributed by atoms with E-state index >= 15 is 0 Å². The number of carboxylic acids is 1. The number of hydrogen-bond donors (Lipinski definition) is 2. The zero-order chi connectivity index (χ0) is 17.9. The van der Waals surface area contributed by atoms with Crippen molar-refractivity contribution in [1.82, 2.24) is 9.78 Å². The molecule has 1 amide bonds. The predicted octanol–water partition coefficient (Wildman–Crippen LogP) is 2.07. The van der Waals surface area contributed by atoms with E-state index in [4.69, 9.17) is 5.11 Å². The number of nitro groups is 1. The Bertz CT molecular complexity index is 782. The SMILES string of the molecule is Cc1cc([N+](=O)[O-])nn1CC(C)C(=O)Nc1ccc(C(=O)O)cc1. The largest absolute Gasteiger partial charge is 0.478 e. The number of aromatic nitrogens is 2. The second kappa shape index (κ2) is 6.90. The molecule has 0 radical (unpaired) electrons. The first-order valence-electron chi connectivity index (χ1n) is 7.11. The summed E-state index contributed by atoms with van der Waals surface area (Å²) in [5.74, 6) is -2.08. The Hall–Kier alpha value is -3.23. The van der Waals surface area contributed by atoms with E-state index in [2.05, 4.69) is 10.4 Å². The van der Waals surface area contributed by atoms with E-state index < -0.39 is 16.8 Å². The zero-order valence-corrected chi connectivity index (χ0v) is 13.1. The summed E-state index contributed by atoms with van der Waals surface area (Å²) in [4.78, 5) is 33.1. The molecule has 0 aliphatic rings.